The van der Waals surface area contributed by atoms with Crippen molar-refractivity contribution in [3.8, 4) is 11.4 Å². The zero-order valence-electron chi connectivity index (χ0n) is 14.9. The number of carbonyl (C=O) groups is 1. The minimum Gasteiger partial charge on any atom is -0.328 e. The molecule has 1 atom stereocenters. The molecule has 26 heavy (non-hydrogen) atoms. The third-order valence-electron chi connectivity index (χ3n) is 5.35. The Labute approximate surface area is 166 Å². The zero-order chi connectivity index (χ0) is 16.5. The molecule has 3 heterocycles. The third-order valence-corrected chi connectivity index (χ3v) is 5.35. The van der Waals surface area contributed by atoms with E-state index in [1.165, 1.54) is 18.5 Å². The highest BCUT2D eigenvalue weighted by atomic mass is 35.5. The van der Waals surface area contributed by atoms with Crippen molar-refractivity contribution in [2.45, 2.75) is 32.7 Å². The number of aryl methyl sites for hydroxylation is 1. The molecule has 2 aliphatic heterocycles. The summed E-state index contributed by atoms with van der Waals surface area (Å²) in [7, 11) is 0. The van der Waals surface area contributed by atoms with Crippen LogP contribution in [0.3, 0.4) is 0 Å². The van der Waals surface area contributed by atoms with E-state index in [0.29, 0.717) is 5.92 Å². The molecule has 0 bridgehead atoms. The van der Waals surface area contributed by atoms with Gasteiger partial charge in [-0.3, -0.25) is 4.79 Å². The number of amides is 1. The Hall–Kier alpha value is -1.56. The van der Waals surface area contributed by atoms with E-state index in [-0.39, 0.29) is 36.6 Å². The van der Waals surface area contributed by atoms with Crippen LogP contribution >= 0.6 is 24.8 Å². The number of aromatic nitrogens is 2. The van der Waals surface area contributed by atoms with Gasteiger partial charge in [0, 0.05) is 35.6 Å². The molecule has 0 radical (unpaired) electrons. The summed E-state index contributed by atoms with van der Waals surface area (Å²) in [6, 6.07) is 8.05. The van der Waals surface area contributed by atoms with Crippen LogP contribution in [0.2, 0.25) is 0 Å². The van der Waals surface area contributed by atoms with Gasteiger partial charge in [-0.1, -0.05) is 6.92 Å². The van der Waals surface area contributed by atoms with Crippen LogP contribution in [0, 0.1) is 11.8 Å². The van der Waals surface area contributed by atoms with Crippen LogP contribution in [-0.4, -0.2) is 28.5 Å². The second-order valence-electron chi connectivity index (χ2n) is 6.96. The summed E-state index contributed by atoms with van der Waals surface area (Å²) in [5, 5.41) is 6.25. The van der Waals surface area contributed by atoms with Gasteiger partial charge in [-0.15, -0.1) is 24.8 Å². The molecule has 1 amide bonds. The van der Waals surface area contributed by atoms with Crippen molar-refractivity contribution in [1.82, 2.24) is 14.9 Å². The number of benzene rings is 1. The Morgan fingerprint density at radius 1 is 1.23 bits per heavy atom. The maximum Gasteiger partial charge on any atom is 0.227 e. The lowest BCUT2D eigenvalue weighted by Crippen LogP contribution is -2.48. The molecule has 7 heteroatoms. The summed E-state index contributed by atoms with van der Waals surface area (Å²) in [6.07, 6.45) is 5.59. The van der Waals surface area contributed by atoms with Crippen LogP contribution in [0.1, 0.15) is 25.5 Å². The van der Waals surface area contributed by atoms with E-state index < -0.39 is 0 Å². The molecule has 2 N–H and O–H groups in total. The predicted molar refractivity (Wildman–Crippen MR) is 109 cm³/mol. The largest absolute Gasteiger partial charge is 0.328 e. The van der Waals surface area contributed by atoms with Crippen molar-refractivity contribution >= 4 is 36.4 Å². The van der Waals surface area contributed by atoms with Gasteiger partial charge in [0.15, 0.2) is 0 Å². The van der Waals surface area contributed by atoms with Crippen molar-refractivity contribution in [2.75, 3.05) is 18.4 Å². The van der Waals surface area contributed by atoms with Crippen LogP contribution in [0.15, 0.2) is 30.5 Å². The summed E-state index contributed by atoms with van der Waals surface area (Å²) in [5.74, 6) is 1.65. The number of imidazole rings is 1. The average Bonchev–Trinajstić information content (AvgIpc) is 2.98. The van der Waals surface area contributed by atoms with Crippen LogP contribution in [0.4, 0.5) is 5.69 Å². The average molecular weight is 397 g/mol. The standard InChI is InChI=1S/C19H24N4O.2ClH/c1-13(15-10-20-11-15)19(24)22-16-7-5-14(6-8-16)18-21-12-17-4-2-3-9-23(17)18;;/h5-8,12-13,15,20H,2-4,9-11H2,1H3,(H,22,24);2*1H. The number of fused-ring (bicyclic) bond motifs is 1. The molecule has 1 aromatic heterocycles. The minimum atomic E-state index is 0. The van der Waals surface area contributed by atoms with Gasteiger partial charge in [0.25, 0.3) is 0 Å². The molecule has 2 aliphatic rings. The maximum absolute atomic E-state index is 12.3. The third kappa shape index (κ3) is 4.05. The van der Waals surface area contributed by atoms with E-state index in [9.17, 15) is 4.79 Å². The first kappa shape index (κ1) is 20.7. The van der Waals surface area contributed by atoms with Crippen molar-refractivity contribution in [1.29, 1.82) is 0 Å². The minimum absolute atomic E-state index is 0. The monoisotopic (exact) mass is 396 g/mol. The first-order valence-corrected chi connectivity index (χ1v) is 8.89. The number of nitrogens with one attached hydrogen (secondary N) is 2. The Morgan fingerprint density at radius 3 is 2.62 bits per heavy atom. The molecule has 0 spiro atoms. The highest BCUT2D eigenvalue weighted by Gasteiger charge is 2.28. The second-order valence-corrected chi connectivity index (χ2v) is 6.96. The Morgan fingerprint density at radius 2 is 1.96 bits per heavy atom. The highest BCUT2D eigenvalue weighted by Crippen LogP contribution is 2.26. The van der Waals surface area contributed by atoms with Crippen LogP contribution in [0.5, 0.6) is 0 Å². The number of hydrogen-bond acceptors (Lipinski definition) is 3. The van der Waals surface area contributed by atoms with Crippen LogP contribution < -0.4 is 10.6 Å². The number of hydrogen-bond donors (Lipinski definition) is 2. The van der Waals surface area contributed by atoms with Crippen LogP contribution in [0.25, 0.3) is 11.4 Å². The zero-order valence-corrected chi connectivity index (χ0v) is 16.5. The highest BCUT2D eigenvalue weighted by molar-refractivity contribution is 5.92. The Bertz CT molecular complexity index is 740. The smallest absolute Gasteiger partial charge is 0.227 e. The summed E-state index contributed by atoms with van der Waals surface area (Å²) in [6.45, 7) is 4.94. The first-order valence-electron chi connectivity index (χ1n) is 8.89. The predicted octanol–water partition coefficient (Wildman–Crippen LogP) is 3.52. The lowest BCUT2D eigenvalue weighted by atomic mass is 9.88. The van der Waals surface area contributed by atoms with Gasteiger partial charge in [0.2, 0.25) is 5.91 Å². The first-order chi connectivity index (χ1) is 11.7. The van der Waals surface area contributed by atoms with E-state index in [4.69, 9.17) is 0 Å². The van der Waals surface area contributed by atoms with Crippen molar-refractivity contribution < 1.29 is 4.79 Å². The molecule has 1 unspecified atom stereocenters. The molecule has 4 rings (SSSR count). The van der Waals surface area contributed by atoms with Crippen molar-refractivity contribution in [3.63, 3.8) is 0 Å². The molecule has 1 saturated heterocycles. The fraction of sp³-hybridized carbons (Fsp3) is 0.474. The summed E-state index contributed by atoms with van der Waals surface area (Å²) in [4.78, 5) is 16.9. The van der Waals surface area contributed by atoms with Gasteiger partial charge >= 0.3 is 0 Å². The van der Waals surface area contributed by atoms with Crippen molar-refractivity contribution in [2.24, 2.45) is 11.8 Å². The summed E-state index contributed by atoms with van der Waals surface area (Å²) < 4.78 is 2.32. The number of carbonyl (C=O) groups excluding carboxylic acids is 1. The van der Waals surface area contributed by atoms with E-state index in [2.05, 4.69) is 32.3 Å². The second kappa shape index (κ2) is 8.89. The van der Waals surface area contributed by atoms with E-state index in [0.717, 1.165) is 43.1 Å². The van der Waals surface area contributed by atoms with Gasteiger partial charge < -0.3 is 15.2 Å². The topological polar surface area (TPSA) is 59.0 Å². The molecule has 0 aliphatic carbocycles. The van der Waals surface area contributed by atoms with Gasteiger partial charge in [-0.05, 0) is 62.5 Å². The molecule has 1 aromatic carbocycles. The SMILES string of the molecule is CC(C(=O)Nc1ccc(-c2ncc3n2CCCC3)cc1)C1CNC1.Cl.Cl. The van der Waals surface area contributed by atoms with Crippen molar-refractivity contribution in [3.05, 3.63) is 36.2 Å². The molecule has 142 valence electrons. The molecular weight excluding hydrogens is 371 g/mol. The van der Waals surface area contributed by atoms with E-state index in [1.807, 2.05) is 25.3 Å². The van der Waals surface area contributed by atoms with Gasteiger partial charge in [-0.2, -0.15) is 0 Å². The number of halogens is 2. The number of nitrogens with zero attached hydrogens (tertiary/aromatic N) is 2. The molecule has 5 nitrogen and oxygen atoms in total. The fourth-order valence-corrected chi connectivity index (χ4v) is 3.50. The van der Waals surface area contributed by atoms with E-state index >= 15 is 0 Å². The molecule has 2 aromatic rings. The Balaban J connectivity index is 0.00000121. The quantitative estimate of drug-likeness (QED) is 0.830. The number of rotatable bonds is 4. The summed E-state index contributed by atoms with van der Waals surface area (Å²) >= 11 is 0. The molecular formula is C19H26Cl2N4O. The lowest BCUT2D eigenvalue weighted by molar-refractivity contribution is -0.121. The summed E-state index contributed by atoms with van der Waals surface area (Å²) in [5.41, 5.74) is 3.29. The Kier molecular flexibility index (Phi) is 7.09. The van der Waals surface area contributed by atoms with E-state index in [1.54, 1.807) is 0 Å². The lowest BCUT2D eigenvalue weighted by Gasteiger charge is -2.31. The van der Waals surface area contributed by atoms with Gasteiger partial charge in [-0.25, -0.2) is 4.98 Å². The fourth-order valence-electron chi connectivity index (χ4n) is 3.50. The van der Waals surface area contributed by atoms with Crippen LogP contribution in [-0.2, 0) is 17.8 Å². The van der Waals surface area contributed by atoms with Gasteiger partial charge in [0.05, 0.1) is 0 Å². The van der Waals surface area contributed by atoms with Gasteiger partial charge in [0.1, 0.15) is 5.82 Å². The molecule has 1 fully saturated rings. The maximum atomic E-state index is 12.3. The molecule has 0 saturated carbocycles. The number of anilines is 1. The normalized spacial score (nSPS) is 17.1.